The Kier molecular flexibility index (Phi) is 4.08. The molecule has 0 bridgehead atoms. The van der Waals surface area contributed by atoms with Crippen LogP contribution in [0.15, 0.2) is 30.5 Å². The van der Waals surface area contributed by atoms with Gasteiger partial charge in [-0.3, -0.25) is 4.90 Å². The molecule has 106 valence electrons. The van der Waals surface area contributed by atoms with Crippen LogP contribution in [-0.2, 0) is 0 Å². The first kappa shape index (κ1) is 13.3. The van der Waals surface area contributed by atoms with Crippen LogP contribution in [0.2, 0.25) is 0 Å². The lowest BCUT2D eigenvalue weighted by atomic mass is 10.2. The average molecular weight is 271 g/mol. The van der Waals surface area contributed by atoms with Gasteiger partial charge in [-0.15, -0.1) is 0 Å². The number of rotatable bonds is 4. The lowest BCUT2D eigenvalue weighted by Crippen LogP contribution is -2.46. The number of hydrogen-bond donors (Lipinski definition) is 1. The van der Waals surface area contributed by atoms with Crippen molar-refractivity contribution in [2.24, 2.45) is 0 Å². The van der Waals surface area contributed by atoms with Crippen molar-refractivity contribution in [1.29, 1.82) is 0 Å². The molecular formula is C15H21N5. The van der Waals surface area contributed by atoms with Gasteiger partial charge in [0.2, 0.25) is 5.95 Å². The lowest BCUT2D eigenvalue weighted by molar-refractivity contribution is 0.246. The van der Waals surface area contributed by atoms with E-state index in [1.807, 2.05) is 30.5 Å². The summed E-state index contributed by atoms with van der Waals surface area (Å²) in [6, 6.07) is 8.10. The van der Waals surface area contributed by atoms with Crippen LogP contribution in [0.25, 0.3) is 10.9 Å². The highest BCUT2D eigenvalue weighted by Gasteiger charge is 2.11. The topological polar surface area (TPSA) is 44.3 Å². The average Bonchev–Trinajstić information content (AvgIpc) is 2.53. The first-order valence-corrected chi connectivity index (χ1v) is 7.19. The number of hydrogen-bond acceptors (Lipinski definition) is 5. The van der Waals surface area contributed by atoms with Gasteiger partial charge in [-0.05, 0) is 6.07 Å². The summed E-state index contributed by atoms with van der Waals surface area (Å²) < 4.78 is 0. The number of fused-ring (bicyclic) bond motifs is 1. The van der Waals surface area contributed by atoms with Crippen LogP contribution in [0.5, 0.6) is 0 Å². The summed E-state index contributed by atoms with van der Waals surface area (Å²) in [6.07, 6.45) is 1.90. The third-order valence-electron chi connectivity index (χ3n) is 3.78. The molecule has 3 rings (SSSR count). The Morgan fingerprint density at radius 2 is 2.05 bits per heavy atom. The van der Waals surface area contributed by atoms with Crippen LogP contribution in [0.4, 0.5) is 5.95 Å². The van der Waals surface area contributed by atoms with Crippen LogP contribution in [0.3, 0.4) is 0 Å². The standard InChI is InChI=1S/C15H21N5/c1-19(10-11-20-8-6-16-7-9-20)15-17-12-13-4-2-3-5-14(13)18-15/h2-5,12,16H,6-11H2,1H3. The molecule has 5 nitrogen and oxygen atoms in total. The largest absolute Gasteiger partial charge is 0.343 e. The monoisotopic (exact) mass is 271 g/mol. The smallest absolute Gasteiger partial charge is 0.225 e. The molecule has 0 amide bonds. The van der Waals surface area contributed by atoms with E-state index >= 15 is 0 Å². The van der Waals surface area contributed by atoms with E-state index in [-0.39, 0.29) is 0 Å². The van der Waals surface area contributed by atoms with Crippen molar-refractivity contribution in [2.75, 3.05) is 51.2 Å². The molecule has 1 aromatic carbocycles. The molecule has 0 saturated carbocycles. The van der Waals surface area contributed by atoms with Gasteiger partial charge in [0.15, 0.2) is 0 Å². The van der Waals surface area contributed by atoms with Crippen molar-refractivity contribution in [3.63, 3.8) is 0 Å². The molecule has 2 heterocycles. The van der Waals surface area contributed by atoms with Crippen molar-refractivity contribution < 1.29 is 0 Å². The fraction of sp³-hybridized carbons (Fsp3) is 0.467. The minimum atomic E-state index is 0.804. The summed E-state index contributed by atoms with van der Waals surface area (Å²) in [5.41, 5.74) is 1.01. The summed E-state index contributed by atoms with van der Waals surface area (Å²) in [5.74, 6) is 0.804. The molecule has 1 aliphatic rings. The predicted molar refractivity (Wildman–Crippen MR) is 82.1 cm³/mol. The maximum atomic E-state index is 4.62. The van der Waals surface area contributed by atoms with Gasteiger partial charge >= 0.3 is 0 Å². The molecule has 0 unspecified atom stereocenters. The predicted octanol–water partition coefficient (Wildman–Crippen LogP) is 0.971. The minimum Gasteiger partial charge on any atom is -0.343 e. The van der Waals surface area contributed by atoms with Gasteiger partial charge in [0.25, 0.3) is 0 Å². The maximum absolute atomic E-state index is 4.62. The number of anilines is 1. The SMILES string of the molecule is CN(CCN1CCNCC1)c1ncc2ccccc2n1. The van der Waals surface area contributed by atoms with E-state index in [1.165, 1.54) is 0 Å². The third kappa shape index (κ3) is 3.05. The zero-order valence-corrected chi connectivity index (χ0v) is 11.9. The van der Waals surface area contributed by atoms with E-state index in [2.05, 4.69) is 32.1 Å². The Labute approximate surface area is 119 Å². The number of para-hydroxylation sites is 1. The quantitative estimate of drug-likeness (QED) is 0.898. The van der Waals surface area contributed by atoms with Crippen molar-refractivity contribution in [3.8, 4) is 0 Å². The van der Waals surface area contributed by atoms with Crippen LogP contribution in [0.1, 0.15) is 0 Å². The Balaban J connectivity index is 1.64. The molecule has 20 heavy (non-hydrogen) atoms. The van der Waals surface area contributed by atoms with Gasteiger partial charge in [0.1, 0.15) is 0 Å². The number of piperazine rings is 1. The molecule has 0 radical (unpaired) electrons. The first-order valence-electron chi connectivity index (χ1n) is 7.19. The fourth-order valence-electron chi connectivity index (χ4n) is 2.47. The van der Waals surface area contributed by atoms with Crippen molar-refractivity contribution in [2.45, 2.75) is 0 Å². The third-order valence-corrected chi connectivity index (χ3v) is 3.78. The molecule has 0 spiro atoms. The maximum Gasteiger partial charge on any atom is 0.225 e. The van der Waals surface area contributed by atoms with Gasteiger partial charge in [-0.1, -0.05) is 18.2 Å². The van der Waals surface area contributed by atoms with Gasteiger partial charge in [0, 0.05) is 57.9 Å². The van der Waals surface area contributed by atoms with Crippen molar-refractivity contribution >= 4 is 16.9 Å². The molecule has 5 heteroatoms. The van der Waals surface area contributed by atoms with Gasteiger partial charge < -0.3 is 10.2 Å². The summed E-state index contributed by atoms with van der Waals surface area (Å²) in [7, 11) is 2.06. The Bertz CT molecular complexity index is 565. The van der Waals surface area contributed by atoms with Gasteiger partial charge in [-0.2, -0.15) is 0 Å². The van der Waals surface area contributed by atoms with Crippen molar-refractivity contribution in [3.05, 3.63) is 30.5 Å². The molecule has 0 aliphatic carbocycles. The summed E-state index contributed by atoms with van der Waals surface area (Å²) in [6.45, 7) is 6.47. The van der Waals surface area contributed by atoms with Crippen LogP contribution in [-0.4, -0.2) is 61.2 Å². The molecule has 1 aromatic heterocycles. The molecule has 1 saturated heterocycles. The lowest BCUT2D eigenvalue weighted by Gasteiger charge is -2.29. The first-order chi connectivity index (χ1) is 9.83. The summed E-state index contributed by atoms with van der Waals surface area (Å²) in [4.78, 5) is 13.7. The second-order valence-electron chi connectivity index (χ2n) is 5.24. The van der Waals surface area contributed by atoms with Crippen LogP contribution >= 0.6 is 0 Å². The van der Waals surface area contributed by atoms with E-state index in [0.29, 0.717) is 0 Å². The Hall–Kier alpha value is -1.72. The number of aromatic nitrogens is 2. The zero-order chi connectivity index (χ0) is 13.8. The number of likely N-dealkylation sites (N-methyl/N-ethyl adjacent to an activating group) is 1. The Morgan fingerprint density at radius 3 is 2.90 bits per heavy atom. The highest BCUT2D eigenvalue weighted by Crippen LogP contribution is 2.13. The molecule has 2 aromatic rings. The molecule has 1 aliphatic heterocycles. The second-order valence-corrected chi connectivity index (χ2v) is 5.24. The van der Waals surface area contributed by atoms with E-state index in [4.69, 9.17) is 0 Å². The molecular weight excluding hydrogens is 250 g/mol. The van der Waals surface area contributed by atoms with E-state index in [1.54, 1.807) is 0 Å². The zero-order valence-electron chi connectivity index (χ0n) is 11.9. The van der Waals surface area contributed by atoms with Crippen LogP contribution in [0, 0.1) is 0 Å². The summed E-state index contributed by atoms with van der Waals surface area (Å²) in [5, 5.41) is 4.46. The highest BCUT2D eigenvalue weighted by atomic mass is 15.3. The van der Waals surface area contributed by atoms with Crippen molar-refractivity contribution in [1.82, 2.24) is 20.2 Å². The second kappa shape index (κ2) is 6.15. The van der Waals surface area contributed by atoms with Gasteiger partial charge in [0.05, 0.1) is 5.52 Å². The molecule has 1 N–H and O–H groups in total. The Morgan fingerprint density at radius 1 is 1.25 bits per heavy atom. The number of nitrogens with one attached hydrogen (secondary N) is 1. The fourth-order valence-corrected chi connectivity index (χ4v) is 2.47. The number of benzene rings is 1. The van der Waals surface area contributed by atoms with E-state index < -0.39 is 0 Å². The minimum absolute atomic E-state index is 0.804. The molecule has 1 fully saturated rings. The number of nitrogens with zero attached hydrogens (tertiary/aromatic N) is 4. The molecule has 0 atom stereocenters. The van der Waals surface area contributed by atoms with E-state index in [0.717, 1.165) is 56.1 Å². The summed E-state index contributed by atoms with van der Waals surface area (Å²) >= 11 is 0. The highest BCUT2D eigenvalue weighted by molar-refractivity contribution is 5.78. The van der Waals surface area contributed by atoms with E-state index in [9.17, 15) is 0 Å². The normalized spacial score (nSPS) is 16.4. The van der Waals surface area contributed by atoms with Crippen LogP contribution < -0.4 is 10.2 Å². The van der Waals surface area contributed by atoms with Gasteiger partial charge in [-0.25, -0.2) is 9.97 Å².